The number of hydrogen-bond acceptors (Lipinski definition) is 4. The Morgan fingerprint density at radius 1 is 1.23 bits per heavy atom. The van der Waals surface area contributed by atoms with Crippen LogP contribution >= 0.6 is 0 Å². The summed E-state index contributed by atoms with van der Waals surface area (Å²) >= 11 is 0. The van der Waals surface area contributed by atoms with Crippen molar-refractivity contribution < 1.29 is 22.3 Å². The SMILES string of the molecule is N#Cc1n[nH]nc1-c1cccn1Cc1cccc(OC(F)(F)C(F)F)c1. The van der Waals surface area contributed by atoms with Crippen molar-refractivity contribution in [2.24, 2.45) is 0 Å². The highest BCUT2D eigenvalue weighted by molar-refractivity contribution is 5.61. The van der Waals surface area contributed by atoms with E-state index in [1.807, 2.05) is 6.07 Å². The minimum absolute atomic E-state index is 0.110. The van der Waals surface area contributed by atoms with E-state index in [9.17, 15) is 17.6 Å². The lowest BCUT2D eigenvalue weighted by Crippen LogP contribution is -2.33. The van der Waals surface area contributed by atoms with E-state index in [4.69, 9.17) is 5.26 Å². The molecule has 0 amide bonds. The predicted octanol–water partition coefficient (Wildman–Crippen LogP) is 3.43. The number of nitriles is 1. The average molecular weight is 365 g/mol. The molecule has 26 heavy (non-hydrogen) atoms. The average Bonchev–Trinajstić information content (AvgIpc) is 3.22. The molecule has 0 fully saturated rings. The van der Waals surface area contributed by atoms with Crippen LogP contribution < -0.4 is 4.74 Å². The van der Waals surface area contributed by atoms with Gasteiger partial charge in [-0.15, -0.1) is 5.10 Å². The number of nitrogens with one attached hydrogen (secondary N) is 1. The molecule has 0 aliphatic rings. The molecule has 3 aromatic rings. The van der Waals surface area contributed by atoms with E-state index < -0.39 is 12.5 Å². The molecule has 0 unspecified atom stereocenters. The zero-order valence-electron chi connectivity index (χ0n) is 13.0. The number of aromatic amines is 1. The van der Waals surface area contributed by atoms with Crippen LogP contribution in [0.1, 0.15) is 11.3 Å². The second-order valence-corrected chi connectivity index (χ2v) is 5.27. The van der Waals surface area contributed by atoms with Gasteiger partial charge in [-0.1, -0.05) is 12.1 Å². The Labute approximate surface area is 144 Å². The van der Waals surface area contributed by atoms with Crippen LogP contribution in [0.25, 0.3) is 11.4 Å². The smallest absolute Gasteiger partial charge is 0.428 e. The standard InChI is InChI=1S/C16H11F4N5O/c17-15(18)16(19,20)26-11-4-1-3-10(7-11)9-25-6-2-5-13(25)14-12(8-21)22-24-23-14/h1-7,15H,9H2,(H,22,23,24). The van der Waals surface area contributed by atoms with Gasteiger partial charge in [0.1, 0.15) is 17.5 Å². The molecule has 0 atom stereocenters. The van der Waals surface area contributed by atoms with Crippen molar-refractivity contribution in [3.05, 3.63) is 53.9 Å². The summed E-state index contributed by atoms with van der Waals surface area (Å²) in [5, 5.41) is 19.1. The third-order valence-corrected chi connectivity index (χ3v) is 3.49. The van der Waals surface area contributed by atoms with Crippen LogP contribution in [0.4, 0.5) is 17.6 Å². The van der Waals surface area contributed by atoms with E-state index in [0.29, 0.717) is 17.0 Å². The van der Waals surface area contributed by atoms with Crippen molar-refractivity contribution in [3.8, 4) is 23.2 Å². The quantitative estimate of drug-likeness (QED) is 0.679. The van der Waals surface area contributed by atoms with Crippen LogP contribution in [0.2, 0.25) is 0 Å². The highest BCUT2D eigenvalue weighted by atomic mass is 19.3. The van der Waals surface area contributed by atoms with Crippen molar-refractivity contribution in [1.82, 2.24) is 20.0 Å². The van der Waals surface area contributed by atoms with E-state index in [-0.39, 0.29) is 18.0 Å². The largest absolute Gasteiger partial charge is 0.461 e. The Balaban J connectivity index is 1.84. The number of nitrogens with zero attached hydrogens (tertiary/aromatic N) is 4. The fourth-order valence-electron chi connectivity index (χ4n) is 2.36. The van der Waals surface area contributed by atoms with Gasteiger partial charge in [-0.2, -0.15) is 33.1 Å². The first-order chi connectivity index (χ1) is 12.4. The summed E-state index contributed by atoms with van der Waals surface area (Å²) in [4.78, 5) is 0. The summed E-state index contributed by atoms with van der Waals surface area (Å²) < 4.78 is 56.4. The van der Waals surface area contributed by atoms with Crippen LogP contribution in [-0.2, 0) is 6.54 Å². The molecule has 134 valence electrons. The lowest BCUT2D eigenvalue weighted by atomic mass is 10.2. The maximum absolute atomic E-state index is 13.0. The van der Waals surface area contributed by atoms with Crippen LogP contribution in [-0.4, -0.2) is 32.5 Å². The Bertz CT molecular complexity index is 944. The molecule has 10 heteroatoms. The summed E-state index contributed by atoms with van der Waals surface area (Å²) in [6, 6.07) is 10.8. The molecule has 0 spiro atoms. The molecule has 6 nitrogen and oxygen atoms in total. The Hall–Kier alpha value is -3.35. The van der Waals surface area contributed by atoms with Crippen LogP contribution in [0, 0.1) is 11.3 Å². The molecular formula is C16H11F4N5O. The third kappa shape index (κ3) is 3.51. The summed E-state index contributed by atoms with van der Waals surface area (Å²) in [5.41, 5.74) is 1.57. The molecule has 0 aliphatic heterocycles. The molecule has 0 saturated heterocycles. The number of benzene rings is 1. The first kappa shape index (κ1) is 17.5. The van der Waals surface area contributed by atoms with Gasteiger partial charge >= 0.3 is 12.5 Å². The first-order valence-corrected chi connectivity index (χ1v) is 7.31. The topological polar surface area (TPSA) is 79.5 Å². The fraction of sp³-hybridized carbons (Fsp3) is 0.188. The van der Waals surface area contributed by atoms with Crippen molar-refractivity contribution >= 4 is 0 Å². The Morgan fingerprint density at radius 2 is 2.04 bits per heavy atom. The van der Waals surface area contributed by atoms with Gasteiger partial charge in [-0.3, -0.25) is 0 Å². The molecule has 2 aromatic heterocycles. The van der Waals surface area contributed by atoms with Gasteiger partial charge < -0.3 is 9.30 Å². The van der Waals surface area contributed by atoms with Crippen molar-refractivity contribution in [3.63, 3.8) is 0 Å². The summed E-state index contributed by atoms with van der Waals surface area (Å²) in [5.74, 6) is -0.374. The summed E-state index contributed by atoms with van der Waals surface area (Å²) in [6.07, 6.45) is -6.80. The second kappa shape index (κ2) is 6.87. The Kier molecular flexibility index (Phi) is 4.62. The highest BCUT2D eigenvalue weighted by Gasteiger charge is 2.43. The maximum atomic E-state index is 13.0. The van der Waals surface area contributed by atoms with Crippen molar-refractivity contribution in [1.29, 1.82) is 5.26 Å². The lowest BCUT2D eigenvalue weighted by Gasteiger charge is -2.17. The number of alkyl halides is 4. The van der Waals surface area contributed by atoms with E-state index in [1.54, 1.807) is 29.0 Å². The zero-order chi connectivity index (χ0) is 18.7. The van der Waals surface area contributed by atoms with Gasteiger partial charge in [0.25, 0.3) is 0 Å². The number of aromatic nitrogens is 4. The molecule has 1 N–H and O–H groups in total. The van der Waals surface area contributed by atoms with Crippen LogP contribution in [0.3, 0.4) is 0 Å². The number of H-pyrrole nitrogens is 1. The first-order valence-electron chi connectivity index (χ1n) is 7.31. The predicted molar refractivity (Wildman–Crippen MR) is 81.6 cm³/mol. The molecule has 0 radical (unpaired) electrons. The maximum Gasteiger partial charge on any atom is 0.461 e. The molecule has 0 saturated carbocycles. The molecule has 0 bridgehead atoms. The van der Waals surface area contributed by atoms with Crippen molar-refractivity contribution in [2.45, 2.75) is 19.1 Å². The number of ether oxygens (including phenoxy) is 1. The van der Waals surface area contributed by atoms with Gasteiger partial charge in [0, 0.05) is 12.7 Å². The minimum Gasteiger partial charge on any atom is -0.428 e. The van der Waals surface area contributed by atoms with Crippen LogP contribution in [0.15, 0.2) is 42.6 Å². The van der Waals surface area contributed by atoms with Crippen molar-refractivity contribution in [2.75, 3.05) is 0 Å². The van der Waals surface area contributed by atoms with E-state index >= 15 is 0 Å². The highest BCUT2D eigenvalue weighted by Crippen LogP contribution is 2.28. The third-order valence-electron chi connectivity index (χ3n) is 3.49. The molecule has 0 aliphatic carbocycles. The normalized spacial score (nSPS) is 11.5. The molecule has 2 heterocycles. The second-order valence-electron chi connectivity index (χ2n) is 5.27. The van der Waals surface area contributed by atoms with Crippen LogP contribution in [0.5, 0.6) is 5.75 Å². The lowest BCUT2D eigenvalue weighted by molar-refractivity contribution is -0.253. The minimum atomic E-state index is -4.57. The number of halogens is 4. The monoisotopic (exact) mass is 365 g/mol. The zero-order valence-corrected chi connectivity index (χ0v) is 13.0. The van der Waals surface area contributed by atoms with Gasteiger partial charge in [-0.05, 0) is 29.8 Å². The van der Waals surface area contributed by atoms with E-state index in [0.717, 1.165) is 0 Å². The van der Waals surface area contributed by atoms with E-state index in [2.05, 4.69) is 20.1 Å². The molecular weight excluding hydrogens is 354 g/mol. The van der Waals surface area contributed by atoms with Gasteiger partial charge in [0.15, 0.2) is 5.69 Å². The molecule has 3 rings (SSSR count). The summed E-state index contributed by atoms with van der Waals surface area (Å²) in [7, 11) is 0. The van der Waals surface area contributed by atoms with E-state index in [1.165, 1.54) is 18.2 Å². The molecule has 1 aromatic carbocycles. The number of rotatable bonds is 6. The van der Waals surface area contributed by atoms with Gasteiger partial charge in [0.05, 0.1) is 5.69 Å². The summed E-state index contributed by atoms with van der Waals surface area (Å²) in [6.45, 7) is 0.220. The number of hydrogen-bond donors (Lipinski definition) is 1. The Morgan fingerprint density at radius 3 is 2.77 bits per heavy atom. The fourth-order valence-corrected chi connectivity index (χ4v) is 2.36. The van der Waals surface area contributed by atoms with Gasteiger partial charge in [0.2, 0.25) is 0 Å². The van der Waals surface area contributed by atoms with Gasteiger partial charge in [-0.25, -0.2) is 0 Å².